The summed E-state index contributed by atoms with van der Waals surface area (Å²) < 4.78 is 28.4. The smallest absolute Gasteiger partial charge is 0.306 e. The van der Waals surface area contributed by atoms with Crippen LogP contribution in [0.15, 0.2) is 0 Å². The lowest BCUT2D eigenvalue weighted by Crippen LogP contribution is -2.04. The zero-order chi connectivity index (χ0) is 7.78. The van der Waals surface area contributed by atoms with E-state index < -0.39 is 17.8 Å². The number of hydrogen-bond acceptors (Lipinski definition) is 2. The fourth-order valence-electron chi connectivity index (χ4n) is 0.776. The minimum Gasteiger partial charge on any atom is -0.469 e. The third-order valence-electron chi connectivity index (χ3n) is 1.60. The zero-order valence-corrected chi connectivity index (χ0v) is 5.56. The van der Waals surface area contributed by atoms with Crippen LogP contribution in [0.3, 0.4) is 0 Å². The molecule has 10 heavy (non-hydrogen) atoms. The van der Waals surface area contributed by atoms with Crippen LogP contribution in [-0.4, -0.2) is 19.0 Å². The highest BCUT2D eigenvalue weighted by atomic mass is 19.3. The van der Waals surface area contributed by atoms with Crippen LogP contribution in [0.5, 0.6) is 0 Å². The molecule has 0 N–H and O–H groups in total. The van der Waals surface area contributed by atoms with Gasteiger partial charge in [-0.3, -0.25) is 4.79 Å². The van der Waals surface area contributed by atoms with Gasteiger partial charge in [0.2, 0.25) is 0 Å². The molecule has 1 unspecified atom stereocenters. The van der Waals surface area contributed by atoms with Crippen LogP contribution in [0, 0.1) is 5.92 Å². The van der Waals surface area contributed by atoms with Gasteiger partial charge >= 0.3 is 5.97 Å². The van der Waals surface area contributed by atoms with Crippen LogP contribution >= 0.6 is 0 Å². The number of esters is 1. The standard InChI is InChI=1S/C6H8F2O2/c1-10-5(9)2-4-3-6(4,7)8/h4H,2-3H2,1H3. The summed E-state index contributed by atoms with van der Waals surface area (Å²) in [5, 5.41) is 0. The molecule has 1 saturated carbocycles. The second-order valence-electron chi connectivity index (χ2n) is 2.44. The van der Waals surface area contributed by atoms with Gasteiger partial charge in [-0.25, -0.2) is 8.78 Å². The Kier molecular flexibility index (Phi) is 1.62. The molecule has 0 aromatic rings. The number of ether oxygens (including phenoxy) is 1. The molecule has 4 heteroatoms. The Labute approximate surface area is 57.2 Å². The monoisotopic (exact) mass is 150 g/mol. The average Bonchev–Trinajstić information content (AvgIpc) is 2.40. The quantitative estimate of drug-likeness (QED) is 0.553. The number of alkyl halides is 2. The third kappa shape index (κ3) is 1.43. The highest BCUT2D eigenvalue weighted by molar-refractivity contribution is 5.70. The highest BCUT2D eigenvalue weighted by Gasteiger charge is 2.57. The van der Waals surface area contributed by atoms with Gasteiger partial charge in [0.15, 0.2) is 0 Å². The first-order chi connectivity index (χ1) is 4.56. The summed E-state index contributed by atoms with van der Waals surface area (Å²) in [5.41, 5.74) is 0. The summed E-state index contributed by atoms with van der Waals surface area (Å²) >= 11 is 0. The molecule has 2 nitrogen and oxygen atoms in total. The van der Waals surface area contributed by atoms with E-state index in [2.05, 4.69) is 4.74 Å². The van der Waals surface area contributed by atoms with Gasteiger partial charge < -0.3 is 4.74 Å². The van der Waals surface area contributed by atoms with Crippen molar-refractivity contribution < 1.29 is 18.3 Å². The van der Waals surface area contributed by atoms with E-state index in [4.69, 9.17) is 0 Å². The van der Waals surface area contributed by atoms with Gasteiger partial charge in [-0.15, -0.1) is 0 Å². The van der Waals surface area contributed by atoms with Gasteiger partial charge in [0.25, 0.3) is 5.92 Å². The highest BCUT2D eigenvalue weighted by Crippen LogP contribution is 2.50. The molecule has 0 aromatic carbocycles. The largest absolute Gasteiger partial charge is 0.469 e. The van der Waals surface area contributed by atoms with Crippen molar-refractivity contribution in [3.8, 4) is 0 Å². The number of carbonyl (C=O) groups is 1. The van der Waals surface area contributed by atoms with Gasteiger partial charge in [0, 0.05) is 12.3 Å². The molecule has 0 bridgehead atoms. The van der Waals surface area contributed by atoms with Crippen molar-refractivity contribution in [3.63, 3.8) is 0 Å². The first-order valence-corrected chi connectivity index (χ1v) is 3.01. The van der Waals surface area contributed by atoms with Crippen molar-refractivity contribution >= 4 is 5.97 Å². The molecule has 0 heterocycles. The van der Waals surface area contributed by atoms with Gasteiger partial charge in [-0.1, -0.05) is 0 Å². The molecule has 58 valence electrons. The Balaban J connectivity index is 2.24. The van der Waals surface area contributed by atoms with Gasteiger partial charge in [-0.05, 0) is 0 Å². The zero-order valence-electron chi connectivity index (χ0n) is 5.56. The molecule has 0 amide bonds. The summed E-state index contributed by atoms with van der Waals surface area (Å²) in [6.45, 7) is 0. The van der Waals surface area contributed by atoms with Gasteiger partial charge in [-0.2, -0.15) is 0 Å². The Morgan fingerprint density at radius 2 is 2.30 bits per heavy atom. The summed E-state index contributed by atoms with van der Waals surface area (Å²) in [6.07, 6.45) is -0.314. The molecular weight excluding hydrogens is 142 g/mol. The Bertz CT molecular complexity index is 156. The molecular formula is C6H8F2O2. The first-order valence-electron chi connectivity index (χ1n) is 3.01. The number of carbonyl (C=O) groups excluding carboxylic acids is 1. The van der Waals surface area contributed by atoms with E-state index in [1.54, 1.807) is 0 Å². The van der Waals surface area contributed by atoms with E-state index in [0.717, 1.165) is 0 Å². The summed E-state index contributed by atoms with van der Waals surface area (Å²) in [4.78, 5) is 10.4. The van der Waals surface area contributed by atoms with E-state index in [-0.39, 0.29) is 12.8 Å². The van der Waals surface area contributed by atoms with Crippen molar-refractivity contribution in [1.82, 2.24) is 0 Å². The minimum atomic E-state index is -2.60. The summed E-state index contributed by atoms with van der Waals surface area (Å²) in [7, 11) is 1.20. The molecule has 0 spiro atoms. The second kappa shape index (κ2) is 2.18. The Morgan fingerprint density at radius 1 is 1.80 bits per heavy atom. The molecule has 0 radical (unpaired) electrons. The molecule has 0 aromatic heterocycles. The van der Waals surface area contributed by atoms with Crippen molar-refractivity contribution in [1.29, 1.82) is 0 Å². The van der Waals surface area contributed by atoms with Crippen LogP contribution in [0.4, 0.5) is 8.78 Å². The lowest BCUT2D eigenvalue weighted by atomic mass is 10.3. The van der Waals surface area contributed by atoms with E-state index in [0.29, 0.717) is 0 Å². The molecule has 1 atom stereocenters. The van der Waals surface area contributed by atoms with Gasteiger partial charge in [0.1, 0.15) is 0 Å². The van der Waals surface area contributed by atoms with Crippen molar-refractivity contribution in [2.24, 2.45) is 5.92 Å². The third-order valence-corrected chi connectivity index (χ3v) is 1.60. The summed E-state index contributed by atoms with van der Waals surface area (Å²) in [6, 6.07) is 0. The SMILES string of the molecule is COC(=O)CC1CC1(F)F. The van der Waals surface area contributed by atoms with Crippen molar-refractivity contribution in [2.45, 2.75) is 18.8 Å². The Morgan fingerprint density at radius 3 is 2.60 bits per heavy atom. The van der Waals surface area contributed by atoms with Crippen LogP contribution in [0.2, 0.25) is 0 Å². The molecule has 1 aliphatic carbocycles. The maximum Gasteiger partial charge on any atom is 0.306 e. The predicted molar refractivity (Wildman–Crippen MR) is 29.7 cm³/mol. The van der Waals surface area contributed by atoms with E-state index in [9.17, 15) is 13.6 Å². The lowest BCUT2D eigenvalue weighted by Gasteiger charge is -1.95. The van der Waals surface area contributed by atoms with Crippen LogP contribution < -0.4 is 0 Å². The molecule has 1 rings (SSSR count). The number of hydrogen-bond donors (Lipinski definition) is 0. The fraction of sp³-hybridized carbons (Fsp3) is 0.833. The number of rotatable bonds is 2. The van der Waals surface area contributed by atoms with Gasteiger partial charge in [0.05, 0.1) is 13.5 Å². The summed E-state index contributed by atoms with van der Waals surface area (Å²) in [5.74, 6) is -3.92. The lowest BCUT2D eigenvalue weighted by molar-refractivity contribution is -0.141. The van der Waals surface area contributed by atoms with Crippen LogP contribution in [-0.2, 0) is 9.53 Å². The van der Waals surface area contributed by atoms with E-state index >= 15 is 0 Å². The maximum absolute atomic E-state index is 12.1. The second-order valence-corrected chi connectivity index (χ2v) is 2.44. The van der Waals surface area contributed by atoms with Crippen molar-refractivity contribution in [2.75, 3.05) is 7.11 Å². The number of methoxy groups -OCH3 is 1. The molecule has 0 aliphatic heterocycles. The Hall–Kier alpha value is -0.670. The molecule has 1 aliphatic rings. The normalized spacial score (nSPS) is 27.7. The fourth-order valence-corrected chi connectivity index (χ4v) is 0.776. The maximum atomic E-state index is 12.1. The number of halogens is 2. The van der Waals surface area contributed by atoms with Crippen LogP contribution in [0.25, 0.3) is 0 Å². The van der Waals surface area contributed by atoms with Crippen molar-refractivity contribution in [3.05, 3.63) is 0 Å². The average molecular weight is 150 g/mol. The topological polar surface area (TPSA) is 26.3 Å². The minimum absolute atomic E-state index is 0.149. The first kappa shape index (κ1) is 7.44. The molecule has 0 saturated heterocycles. The van der Waals surface area contributed by atoms with E-state index in [1.165, 1.54) is 7.11 Å². The van der Waals surface area contributed by atoms with Crippen LogP contribution in [0.1, 0.15) is 12.8 Å². The van der Waals surface area contributed by atoms with E-state index in [1.807, 2.05) is 0 Å². The molecule has 1 fully saturated rings. The predicted octanol–water partition coefficient (Wildman–Crippen LogP) is 1.20.